The minimum absolute atomic E-state index is 0. The third-order valence-corrected chi connectivity index (χ3v) is 11.6. The van der Waals surface area contributed by atoms with E-state index in [0.29, 0.717) is 5.75 Å². The average Bonchev–Trinajstić information content (AvgIpc) is 3.04. The van der Waals surface area contributed by atoms with Crippen LogP contribution in [0, 0.1) is 36.1 Å². The van der Waals surface area contributed by atoms with Gasteiger partial charge in [0.25, 0.3) is 0 Å². The molecule has 5 heteroatoms. The SMILES string of the molecule is C[C]1[C](C)[C](C)[C]([Si](C)(C)c2cc(C)cc(C(C)(C)C)c2O)[C]1C.[S-]c1ccccc1.[S-]c1ccccc1.[Ti+3]. The molecule has 39 heavy (non-hydrogen) atoms. The molecule has 1 aliphatic rings. The van der Waals surface area contributed by atoms with Crippen molar-refractivity contribution >= 4 is 38.5 Å². The van der Waals surface area contributed by atoms with Gasteiger partial charge in [-0.15, -0.1) is 0 Å². The fraction of sp³-hybridized carbons (Fsp3) is 0.324. The van der Waals surface area contributed by atoms with E-state index in [1.807, 2.05) is 60.7 Å². The van der Waals surface area contributed by atoms with Gasteiger partial charge in [-0.2, -0.15) is 9.79 Å². The van der Waals surface area contributed by atoms with Gasteiger partial charge < -0.3 is 30.4 Å². The number of aryl methyl sites for hydroxylation is 1. The second-order valence-electron chi connectivity index (χ2n) is 11.6. The molecular formula is C34H43OS2SiTi+. The third kappa shape index (κ3) is 9.43. The molecule has 0 spiro atoms. The summed E-state index contributed by atoms with van der Waals surface area (Å²) in [6, 6.07) is 23.6. The minimum Gasteiger partial charge on any atom is -0.780 e. The van der Waals surface area contributed by atoms with Gasteiger partial charge in [-0.25, -0.2) is 0 Å². The molecular weight excluding hydrogens is 564 g/mol. The average molecular weight is 608 g/mol. The van der Waals surface area contributed by atoms with Crippen LogP contribution in [-0.2, 0) is 52.4 Å². The molecule has 1 saturated carbocycles. The summed E-state index contributed by atoms with van der Waals surface area (Å²) in [4.78, 5) is 1.81. The molecule has 0 aromatic heterocycles. The maximum absolute atomic E-state index is 11.1. The Hall–Kier alpha value is -1.17. The van der Waals surface area contributed by atoms with Crippen LogP contribution in [0.4, 0.5) is 0 Å². The maximum atomic E-state index is 11.1. The number of benzene rings is 3. The number of hydrogen-bond acceptors (Lipinski definition) is 3. The minimum atomic E-state index is -1.99. The zero-order valence-corrected chi connectivity index (χ0v) is 29.4. The predicted molar refractivity (Wildman–Crippen MR) is 172 cm³/mol. The van der Waals surface area contributed by atoms with E-state index in [2.05, 4.69) is 80.6 Å². The summed E-state index contributed by atoms with van der Waals surface area (Å²) in [5, 5.41) is 12.3. The summed E-state index contributed by atoms with van der Waals surface area (Å²) >= 11 is 9.62. The van der Waals surface area contributed by atoms with Crippen LogP contribution in [0.5, 0.6) is 5.75 Å². The summed E-state index contributed by atoms with van der Waals surface area (Å²) in [6.07, 6.45) is 0. The van der Waals surface area contributed by atoms with E-state index in [9.17, 15) is 5.11 Å². The molecule has 0 amide bonds. The normalized spacial score (nSPS) is 15.5. The van der Waals surface area contributed by atoms with Crippen LogP contribution in [0.25, 0.3) is 0 Å². The van der Waals surface area contributed by atoms with Crippen LogP contribution in [0.1, 0.15) is 59.6 Å². The summed E-state index contributed by atoms with van der Waals surface area (Å²) < 4.78 is 0. The molecule has 1 fully saturated rings. The molecule has 204 valence electrons. The monoisotopic (exact) mass is 607 g/mol. The molecule has 3 aromatic rings. The number of aromatic hydroxyl groups is 1. The van der Waals surface area contributed by atoms with Gasteiger partial charge in [0.2, 0.25) is 0 Å². The Labute approximate surface area is 266 Å². The largest absolute Gasteiger partial charge is 3.00 e. The van der Waals surface area contributed by atoms with Gasteiger partial charge in [-0.05, 0) is 52.3 Å². The van der Waals surface area contributed by atoms with Crippen molar-refractivity contribution in [1.29, 1.82) is 0 Å². The van der Waals surface area contributed by atoms with E-state index < -0.39 is 8.07 Å². The van der Waals surface area contributed by atoms with Crippen molar-refractivity contribution in [2.75, 3.05) is 0 Å². The molecule has 4 rings (SSSR count). The van der Waals surface area contributed by atoms with Crippen molar-refractivity contribution in [2.45, 2.75) is 83.7 Å². The molecule has 3 aromatic carbocycles. The topological polar surface area (TPSA) is 20.2 Å². The molecule has 0 saturated heterocycles. The van der Waals surface area contributed by atoms with Crippen LogP contribution in [0.15, 0.2) is 82.6 Å². The molecule has 1 N–H and O–H groups in total. The Morgan fingerprint density at radius 3 is 1.33 bits per heavy atom. The van der Waals surface area contributed by atoms with Crippen molar-refractivity contribution in [3.63, 3.8) is 0 Å². The standard InChI is InChI=1S/C22H33OSi.2C6H6S.Ti/c1-13-11-18(22(6,7)8)20(23)19(12-13)24(9,10)21-16(4)14(2)15(3)17(21)5;2*7-6-4-2-1-3-5-6;/h11-12,23H,1-10H3;2*1-5,7H;/q;;;+3/p-2. The van der Waals surface area contributed by atoms with Crippen molar-refractivity contribution in [3.05, 3.63) is 113 Å². The van der Waals surface area contributed by atoms with Gasteiger partial charge in [0, 0.05) is 0 Å². The zero-order valence-electron chi connectivity index (χ0n) is 25.2. The van der Waals surface area contributed by atoms with E-state index in [1.54, 1.807) is 0 Å². The molecule has 0 aliphatic heterocycles. The third-order valence-electron chi connectivity index (χ3n) is 7.28. The summed E-state index contributed by atoms with van der Waals surface area (Å²) in [7, 11) is -1.99. The van der Waals surface area contributed by atoms with Gasteiger partial charge in [-0.3, -0.25) is 0 Å². The van der Waals surface area contributed by atoms with Crippen LogP contribution in [0.3, 0.4) is 0 Å². The Balaban J connectivity index is 0.000000410. The maximum Gasteiger partial charge on any atom is 3.00 e. The summed E-state index contributed by atoms with van der Waals surface area (Å²) in [5.74, 6) is 6.16. The molecule has 0 heterocycles. The van der Waals surface area contributed by atoms with Crippen molar-refractivity contribution in [3.8, 4) is 5.75 Å². The number of hydrogen-bond donors (Lipinski definition) is 1. The summed E-state index contributed by atoms with van der Waals surface area (Å²) in [6.45, 7) is 22.4. The molecule has 0 bridgehead atoms. The second-order valence-corrected chi connectivity index (χ2v) is 16.8. The first kappa shape index (κ1) is 35.9. The fourth-order valence-electron chi connectivity index (χ4n) is 4.96. The molecule has 1 aliphatic carbocycles. The van der Waals surface area contributed by atoms with Gasteiger partial charge in [0.1, 0.15) is 5.75 Å². The first-order valence-electron chi connectivity index (χ1n) is 13.1. The predicted octanol–water partition coefficient (Wildman–Crippen LogP) is 8.60. The molecule has 0 unspecified atom stereocenters. The van der Waals surface area contributed by atoms with E-state index in [-0.39, 0.29) is 27.1 Å². The van der Waals surface area contributed by atoms with Crippen molar-refractivity contribution in [1.82, 2.24) is 0 Å². The van der Waals surface area contributed by atoms with E-state index in [4.69, 9.17) is 25.3 Å². The Kier molecular flexibility index (Phi) is 13.9. The van der Waals surface area contributed by atoms with Crippen LogP contribution >= 0.6 is 0 Å². The van der Waals surface area contributed by atoms with E-state index in [0.717, 1.165) is 15.4 Å². The first-order valence-corrected chi connectivity index (χ1v) is 16.9. The van der Waals surface area contributed by atoms with Gasteiger partial charge >= 0.3 is 21.7 Å². The van der Waals surface area contributed by atoms with Crippen LogP contribution in [-0.4, -0.2) is 13.2 Å². The second kappa shape index (κ2) is 15.2. The first-order chi connectivity index (χ1) is 17.6. The van der Waals surface area contributed by atoms with Gasteiger partial charge in [-0.1, -0.05) is 140 Å². The molecule has 0 atom stereocenters. The van der Waals surface area contributed by atoms with Crippen molar-refractivity contribution < 1.29 is 26.8 Å². The smallest absolute Gasteiger partial charge is 0.780 e. The molecule has 1 nitrogen and oxygen atoms in total. The zero-order chi connectivity index (χ0) is 28.8. The Bertz CT molecular complexity index is 1090. The fourth-order valence-corrected chi connectivity index (χ4v) is 9.11. The quantitative estimate of drug-likeness (QED) is 0.233. The number of phenolic OH excluding ortho intramolecular Hbond substituents is 1. The molecule has 6 radical (unpaired) electrons. The number of phenols is 1. The van der Waals surface area contributed by atoms with Crippen LogP contribution < -0.4 is 5.19 Å². The van der Waals surface area contributed by atoms with Gasteiger partial charge in [0.05, 0.1) is 8.07 Å². The van der Waals surface area contributed by atoms with Crippen molar-refractivity contribution in [2.24, 2.45) is 0 Å². The number of rotatable bonds is 2. The van der Waals surface area contributed by atoms with E-state index in [1.165, 1.54) is 40.0 Å². The van der Waals surface area contributed by atoms with Crippen LogP contribution in [0.2, 0.25) is 13.1 Å². The van der Waals surface area contributed by atoms with Gasteiger partial charge in [0.15, 0.2) is 0 Å². The van der Waals surface area contributed by atoms with E-state index >= 15 is 0 Å². The Morgan fingerprint density at radius 2 is 1.03 bits per heavy atom. The summed E-state index contributed by atoms with van der Waals surface area (Å²) in [5.41, 5.74) is 3.74. The Morgan fingerprint density at radius 1 is 0.641 bits per heavy atom.